The normalized spacial score (nSPS) is 11.1. The van der Waals surface area contributed by atoms with Gasteiger partial charge >= 0.3 is 0 Å². The summed E-state index contributed by atoms with van der Waals surface area (Å²) < 4.78 is 1.73. The van der Waals surface area contributed by atoms with Crippen LogP contribution in [0.1, 0.15) is 16.7 Å². The van der Waals surface area contributed by atoms with Crippen molar-refractivity contribution in [3.05, 3.63) is 102 Å². The summed E-state index contributed by atoms with van der Waals surface area (Å²) in [5.74, 6) is -0.467. The Labute approximate surface area is 186 Å². The molecule has 0 unspecified atom stereocenters. The maximum atomic E-state index is 12.9. The SMILES string of the molecule is Cc1cccc(NC(=O)/C(C#N)=C/c2cn(-c3ccccc3)nc2-c2cccnc2)c1C. The Morgan fingerprint density at radius 1 is 1.06 bits per heavy atom. The number of aromatic nitrogens is 3. The topological polar surface area (TPSA) is 83.6 Å². The first-order valence-corrected chi connectivity index (χ1v) is 10.1. The van der Waals surface area contributed by atoms with E-state index in [1.165, 1.54) is 0 Å². The van der Waals surface area contributed by atoms with Gasteiger partial charge in [0.2, 0.25) is 0 Å². The fourth-order valence-electron chi connectivity index (χ4n) is 3.31. The molecule has 6 heteroatoms. The van der Waals surface area contributed by atoms with Crippen LogP contribution in [-0.2, 0) is 4.79 Å². The number of hydrogen-bond acceptors (Lipinski definition) is 4. The van der Waals surface area contributed by atoms with Crippen LogP contribution in [0.15, 0.2) is 84.8 Å². The maximum Gasteiger partial charge on any atom is 0.266 e. The number of amides is 1. The Bertz CT molecular complexity index is 1330. The standard InChI is InChI=1S/C26H21N5O/c1-18-8-6-12-24(19(18)2)29-26(32)21(15-27)14-22-17-31(23-10-4-3-5-11-23)30-25(22)20-9-7-13-28-16-20/h3-14,16-17H,1-2H3,(H,29,32)/b21-14+. The number of nitrogens with one attached hydrogen (secondary N) is 1. The van der Waals surface area contributed by atoms with E-state index in [1.54, 1.807) is 29.3 Å². The number of carbonyl (C=O) groups is 1. The van der Waals surface area contributed by atoms with Gasteiger partial charge in [-0.3, -0.25) is 9.78 Å². The van der Waals surface area contributed by atoms with Crippen molar-refractivity contribution in [2.24, 2.45) is 0 Å². The molecule has 1 amide bonds. The molecular weight excluding hydrogens is 398 g/mol. The number of nitrogens with zero attached hydrogens (tertiary/aromatic N) is 4. The molecule has 0 saturated heterocycles. The van der Waals surface area contributed by atoms with E-state index in [4.69, 9.17) is 5.10 Å². The van der Waals surface area contributed by atoms with E-state index in [9.17, 15) is 10.1 Å². The van der Waals surface area contributed by atoms with Crippen LogP contribution in [0.3, 0.4) is 0 Å². The van der Waals surface area contributed by atoms with Crippen LogP contribution < -0.4 is 5.32 Å². The van der Waals surface area contributed by atoms with Crippen LogP contribution in [-0.4, -0.2) is 20.7 Å². The monoisotopic (exact) mass is 419 g/mol. The minimum atomic E-state index is -0.467. The molecule has 0 saturated carbocycles. The van der Waals surface area contributed by atoms with Crippen molar-refractivity contribution in [3.8, 4) is 23.0 Å². The predicted octanol–water partition coefficient (Wildman–Crippen LogP) is 5.10. The van der Waals surface area contributed by atoms with Crippen molar-refractivity contribution in [2.75, 3.05) is 5.32 Å². The number of benzene rings is 2. The van der Waals surface area contributed by atoms with E-state index in [1.807, 2.05) is 80.6 Å². The summed E-state index contributed by atoms with van der Waals surface area (Å²) >= 11 is 0. The van der Waals surface area contributed by atoms with E-state index in [2.05, 4.69) is 10.3 Å². The zero-order chi connectivity index (χ0) is 22.5. The summed E-state index contributed by atoms with van der Waals surface area (Å²) in [4.78, 5) is 17.1. The van der Waals surface area contributed by atoms with Crippen molar-refractivity contribution in [1.82, 2.24) is 14.8 Å². The second kappa shape index (κ2) is 9.11. The number of carbonyl (C=O) groups excluding carboxylic acids is 1. The van der Waals surface area contributed by atoms with Crippen LogP contribution in [0.4, 0.5) is 5.69 Å². The molecule has 0 radical (unpaired) electrons. The third kappa shape index (κ3) is 4.32. The zero-order valence-corrected chi connectivity index (χ0v) is 17.8. The molecule has 4 rings (SSSR count). The fourth-order valence-corrected chi connectivity index (χ4v) is 3.31. The van der Waals surface area contributed by atoms with Crippen molar-refractivity contribution < 1.29 is 4.79 Å². The second-order valence-corrected chi connectivity index (χ2v) is 7.33. The first kappa shape index (κ1) is 20.8. The molecule has 4 aromatic rings. The Morgan fingerprint density at radius 2 is 1.88 bits per heavy atom. The van der Waals surface area contributed by atoms with Crippen molar-refractivity contribution in [3.63, 3.8) is 0 Å². The van der Waals surface area contributed by atoms with Crippen LogP contribution >= 0.6 is 0 Å². The van der Waals surface area contributed by atoms with Crippen molar-refractivity contribution in [1.29, 1.82) is 5.26 Å². The van der Waals surface area contributed by atoms with E-state index in [0.29, 0.717) is 16.9 Å². The molecule has 2 heterocycles. The lowest BCUT2D eigenvalue weighted by molar-refractivity contribution is -0.112. The minimum Gasteiger partial charge on any atom is -0.321 e. The predicted molar refractivity (Wildman–Crippen MR) is 125 cm³/mol. The molecule has 0 aliphatic carbocycles. The number of rotatable bonds is 5. The third-order valence-corrected chi connectivity index (χ3v) is 5.22. The zero-order valence-electron chi connectivity index (χ0n) is 17.8. The van der Waals surface area contributed by atoms with E-state index < -0.39 is 5.91 Å². The summed E-state index contributed by atoms with van der Waals surface area (Å²) in [5, 5.41) is 17.3. The van der Waals surface area contributed by atoms with Crippen LogP contribution in [0.25, 0.3) is 23.0 Å². The summed E-state index contributed by atoms with van der Waals surface area (Å²) in [7, 11) is 0. The number of anilines is 1. The molecule has 2 aromatic carbocycles. The summed E-state index contributed by atoms with van der Waals surface area (Å²) in [5.41, 5.74) is 5.65. The van der Waals surface area contributed by atoms with Gasteiger partial charge in [-0.2, -0.15) is 10.4 Å². The second-order valence-electron chi connectivity index (χ2n) is 7.33. The Hall–Kier alpha value is -4.50. The van der Waals surface area contributed by atoms with E-state index in [0.717, 1.165) is 22.4 Å². The van der Waals surface area contributed by atoms with E-state index in [-0.39, 0.29) is 5.57 Å². The summed E-state index contributed by atoms with van der Waals surface area (Å²) in [6, 6.07) is 21.1. The average molecular weight is 419 g/mol. The van der Waals surface area contributed by atoms with Gasteiger partial charge in [0.25, 0.3) is 5.91 Å². The van der Waals surface area contributed by atoms with Gasteiger partial charge in [0.15, 0.2) is 0 Å². The highest BCUT2D eigenvalue weighted by molar-refractivity contribution is 6.10. The number of hydrogen-bond donors (Lipinski definition) is 1. The Balaban J connectivity index is 1.75. The first-order valence-electron chi connectivity index (χ1n) is 10.1. The molecule has 6 nitrogen and oxygen atoms in total. The summed E-state index contributed by atoms with van der Waals surface area (Å²) in [6.07, 6.45) is 6.76. The molecule has 2 aromatic heterocycles. The van der Waals surface area contributed by atoms with Crippen LogP contribution in [0, 0.1) is 25.2 Å². The van der Waals surface area contributed by atoms with Crippen LogP contribution in [0.5, 0.6) is 0 Å². The van der Waals surface area contributed by atoms with Gasteiger partial charge < -0.3 is 5.32 Å². The quantitative estimate of drug-likeness (QED) is 0.360. The van der Waals surface area contributed by atoms with Gasteiger partial charge in [-0.15, -0.1) is 0 Å². The fraction of sp³-hybridized carbons (Fsp3) is 0.0769. The molecule has 0 bridgehead atoms. The number of para-hydroxylation sites is 1. The summed E-state index contributed by atoms with van der Waals surface area (Å²) in [6.45, 7) is 3.91. The van der Waals surface area contributed by atoms with Gasteiger partial charge in [-0.25, -0.2) is 4.68 Å². The molecule has 0 fully saturated rings. The largest absolute Gasteiger partial charge is 0.321 e. The van der Waals surface area contributed by atoms with Gasteiger partial charge in [-0.05, 0) is 61.4 Å². The Kier molecular flexibility index (Phi) is 5.91. The van der Waals surface area contributed by atoms with Gasteiger partial charge in [0, 0.05) is 35.4 Å². The lowest BCUT2D eigenvalue weighted by atomic mass is 10.1. The molecule has 1 N–H and O–H groups in total. The highest BCUT2D eigenvalue weighted by Crippen LogP contribution is 2.26. The van der Waals surface area contributed by atoms with Crippen LogP contribution in [0.2, 0.25) is 0 Å². The number of aryl methyl sites for hydroxylation is 1. The van der Waals surface area contributed by atoms with Gasteiger partial charge in [-0.1, -0.05) is 30.3 Å². The van der Waals surface area contributed by atoms with Crippen molar-refractivity contribution in [2.45, 2.75) is 13.8 Å². The smallest absolute Gasteiger partial charge is 0.266 e. The highest BCUT2D eigenvalue weighted by atomic mass is 16.1. The Morgan fingerprint density at radius 3 is 2.59 bits per heavy atom. The van der Waals surface area contributed by atoms with E-state index >= 15 is 0 Å². The number of pyridine rings is 1. The minimum absolute atomic E-state index is 0.0105. The van der Waals surface area contributed by atoms with Gasteiger partial charge in [0.1, 0.15) is 17.3 Å². The molecule has 0 spiro atoms. The highest BCUT2D eigenvalue weighted by Gasteiger charge is 2.16. The third-order valence-electron chi connectivity index (χ3n) is 5.22. The van der Waals surface area contributed by atoms with Gasteiger partial charge in [0.05, 0.1) is 5.69 Å². The molecule has 32 heavy (non-hydrogen) atoms. The lowest BCUT2D eigenvalue weighted by Crippen LogP contribution is -2.14. The molecular formula is C26H21N5O. The molecule has 156 valence electrons. The molecule has 0 aliphatic heterocycles. The van der Waals surface area contributed by atoms with Crippen molar-refractivity contribution >= 4 is 17.7 Å². The average Bonchev–Trinajstić information content (AvgIpc) is 3.25. The number of nitriles is 1. The molecule has 0 aliphatic rings. The first-order chi connectivity index (χ1) is 15.6. The maximum absolute atomic E-state index is 12.9. The lowest BCUT2D eigenvalue weighted by Gasteiger charge is -2.09. The molecule has 0 atom stereocenters.